The maximum atomic E-state index is 5.10. The molecule has 0 saturated carbocycles. The van der Waals surface area contributed by atoms with Crippen molar-refractivity contribution in [2.45, 2.75) is 27.7 Å². The monoisotopic (exact) mass is 516 g/mol. The molecular formula is C38H32N2. The molecule has 0 amide bonds. The quantitative estimate of drug-likeness (QED) is 0.228. The largest absolute Gasteiger partial charge is 0.228 e. The minimum atomic E-state index is 0.727. The molecule has 0 unspecified atom stereocenters. The Morgan fingerprint density at radius 2 is 0.750 bits per heavy atom. The summed E-state index contributed by atoms with van der Waals surface area (Å²) in [5.74, 6) is 0.727. The Morgan fingerprint density at radius 1 is 0.325 bits per heavy atom. The van der Waals surface area contributed by atoms with Gasteiger partial charge in [-0.2, -0.15) is 0 Å². The zero-order valence-corrected chi connectivity index (χ0v) is 23.4. The molecule has 0 radical (unpaired) electrons. The highest BCUT2D eigenvalue weighted by molar-refractivity contribution is 5.79. The summed E-state index contributed by atoms with van der Waals surface area (Å²) < 4.78 is 0. The zero-order valence-electron chi connectivity index (χ0n) is 23.4. The van der Waals surface area contributed by atoms with Crippen molar-refractivity contribution in [1.82, 2.24) is 9.97 Å². The van der Waals surface area contributed by atoms with Crippen LogP contribution in [0.2, 0.25) is 0 Å². The van der Waals surface area contributed by atoms with E-state index in [1.54, 1.807) is 0 Å². The Bertz CT molecular complexity index is 1720. The van der Waals surface area contributed by atoms with Crippen LogP contribution in [0.4, 0.5) is 0 Å². The molecule has 0 aliphatic rings. The number of hydrogen-bond donors (Lipinski definition) is 0. The Morgan fingerprint density at radius 3 is 1.23 bits per heavy atom. The molecule has 1 aromatic heterocycles. The average Bonchev–Trinajstić information content (AvgIpc) is 2.97. The van der Waals surface area contributed by atoms with Gasteiger partial charge < -0.3 is 0 Å². The highest BCUT2D eigenvalue weighted by atomic mass is 14.9. The SMILES string of the molecule is Cc1cccc(-c2cc(C)cc(-c3cc(-c4cc(C)cc(-c5cccc(C)c5)c4)nc(-c4ccccc4)n3)c2)c1. The fraction of sp³-hybridized carbons (Fsp3) is 0.105. The van der Waals surface area contributed by atoms with Crippen LogP contribution in [0, 0.1) is 27.7 Å². The number of aromatic nitrogens is 2. The van der Waals surface area contributed by atoms with Gasteiger partial charge in [0.15, 0.2) is 5.82 Å². The van der Waals surface area contributed by atoms with E-state index in [0.29, 0.717) is 0 Å². The van der Waals surface area contributed by atoms with Crippen molar-refractivity contribution in [1.29, 1.82) is 0 Å². The molecular weight excluding hydrogens is 484 g/mol. The van der Waals surface area contributed by atoms with Crippen molar-refractivity contribution in [3.05, 3.63) is 144 Å². The van der Waals surface area contributed by atoms with Crippen molar-refractivity contribution in [3.8, 4) is 56.2 Å². The second kappa shape index (κ2) is 10.7. The molecule has 6 aromatic rings. The third kappa shape index (κ3) is 5.48. The minimum Gasteiger partial charge on any atom is -0.228 e. The van der Waals surface area contributed by atoms with Crippen molar-refractivity contribution < 1.29 is 0 Å². The van der Waals surface area contributed by atoms with Crippen LogP contribution in [0.5, 0.6) is 0 Å². The van der Waals surface area contributed by atoms with Crippen LogP contribution in [0.3, 0.4) is 0 Å². The van der Waals surface area contributed by atoms with E-state index in [0.717, 1.165) is 33.9 Å². The Kier molecular flexibility index (Phi) is 6.84. The fourth-order valence-electron chi connectivity index (χ4n) is 5.30. The maximum absolute atomic E-state index is 5.10. The van der Waals surface area contributed by atoms with Crippen LogP contribution in [-0.2, 0) is 0 Å². The Hall–Kier alpha value is -4.82. The molecule has 0 fully saturated rings. The molecule has 40 heavy (non-hydrogen) atoms. The second-order valence-electron chi connectivity index (χ2n) is 10.7. The van der Waals surface area contributed by atoms with Crippen LogP contribution in [0.15, 0.2) is 121 Å². The molecule has 0 aliphatic heterocycles. The normalized spacial score (nSPS) is 11.0. The molecule has 0 atom stereocenters. The van der Waals surface area contributed by atoms with E-state index in [1.165, 1.54) is 44.5 Å². The van der Waals surface area contributed by atoms with Crippen LogP contribution in [0.25, 0.3) is 56.2 Å². The van der Waals surface area contributed by atoms with E-state index in [9.17, 15) is 0 Å². The van der Waals surface area contributed by atoms with Crippen LogP contribution in [0.1, 0.15) is 22.3 Å². The lowest BCUT2D eigenvalue weighted by molar-refractivity contribution is 1.18. The topological polar surface area (TPSA) is 25.8 Å². The molecule has 5 aromatic carbocycles. The second-order valence-corrected chi connectivity index (χ2v) is 10.7. The molecule has 0 saturated heterocycles. The zero-order chi connectivity index (χ0) is 27.6. The molecule has 194 valence electrons. The first-order valence-electron chi connectivity index (χ1n) is 13.7. The molecule has 2 heteroatoms. The Balaban J connectivity index is 1.53. The van der Waals surface area contributed by atoms with Crippen LogP contribution < -0.4 is 0 Å². The van der Waals surface area contributed by atoms with Crippen molar-refractivity contribution >= 4 is 0 Å². The molecule has 0 bridgehead atoms. The molecule has 2 nitrogen and oxygen atoms in total. The predicted octanol–water partition coefficient (Wildman–Crippen LogP) is 10.0. The first kappa shape index (κ1) is 25.5. The van der Waals surface area contributed by atoms with Crippen molar-refractivity contribution in [3.63, 3.8) is 0 Å². The average molecular weight is 517 g/mol. The molecule has 1 heterocycles. The molecule has 6 rings (SSSR count). The van der Waals surface area contributed by atoms with Gasteiger partial charge in [-0.15, -0.1) is 0 Å². The summed E-state index contributed by atoms with van der Waals surface area (Å²) >= 11 is 0. The van der Waals surface area contributed by atoms with E-state index >= 15 is 0 Å². The number of aryl methyl sites for hydroxylation is 4. The van der Waals surface area contributed by atoms with Gasteiger partial charge in [0.2, 0.25) is 0 Å². The summed E-state index contributed by atoms with van der Waals surface area (Å²) in [4.78, 5) is 10.2. The van der Waals surface area contributed by atoms with Gasteiger partial charge >= 0.3 is 0 Å². The predicted molar refractivity (Wildman–Crippen MR) is 168 cm³/mol. The van der Waals surface area contributed by atoms with E-state index in [2.05, 4.69) is 131 Å². The van der Waals surface area contributed by atoms with Gasteiger partial charge in [-0.3, -0.25) is 0 Å². The van der Waals surface area contributed by atoms with Gasteiger partial charge in [-0.25, -0.2) is 9.97 Å². The highest BCUT2D eigenvalue weighted by Crippen LogP contribution is 2.33. The summed E-state index contributed by atoms with van der Waals surface area (Å²) in [6, 6.07) is 43.1. The fourth-order valence-corrected chi connectivity index (χ4v) is 5.30. The van der Waals surface area contributed by atoms with Crippen molar-refractivity contribution in [2.75, 3.05) is 0 Å². The third-order valence-corrected chi connectivity index (χ3v) is 7.21. The van der Waals surface area contributed by atoms with Gasteiger partial charge in [-0.1, -0.05) is 102 Å². The van der Waals surface area contributed by atoms with Crippen LogP contribution >= 0.6 is 0 Å². The van der Waals surface area contributed by atoms with Gasteiger partial charge in [0.1, 0.15) is 0 Å². The van der Waals surface area contributed by atoms with E-state index < -0.39 is 0 Å². The van der Waals surface area contributed by atoms with Gasteiger partial charge in [0, 0.05) is 16.7 Å². The highest BCUT2D eigenvalue weighted by Gasteiger charge is 2.13. The van der Waals surface area contributed by atoms with Gasteiger partial charge in [0.25, 0.3) is 0 Å². The maximum Gasteiger partial charge on any atom is 0.160 e. The first-order valence-corrected chi connectivity index (χ1v) is 13.7. The molecule has 0 aliphatic carbocycles. The van der Waals surface area contributed by atoms with E-state index in [4.69, 9.17) is 9.97 Å². The van der Waals surface area contributed by atoms with Gasteiger partial charge in [-0.05, 0) is 91.4 Å². The number of benzene rings is 5. The number of rotatable bonds is 5. The summed E-state index contributed by atoms with van der Waals surface area (Å²) in [5, 5.41) is 0. The molecule has 0 spiro atoms. The number of nitrogens with zero attached hydrogens (tertiary/aromatic N) is 2. The summed E-state index contributed by atoms with van der Waals surface area (Å²) in [7, 11) is 0. The third-order valence-electron chi connectivity index (χ3n) is 7.21. The number of hydrogen-bond acceptors (Lipinski definition) is 2. The van der Waals surface area contributed by atoms with E-state index in [1.807, 2.05) is 18.2 Å². The first-order chi connectivity index (χ1) is 19.4. The lowest BCUT2D eigenvalue weighted by atomic mass is 9.96. The summed E-state index contributed by atoms with van der Waals surface area (Å²) in [6.07, 6.45) is 0. The van der Waals surface area contributed by atoms with Crippen LogP contribution in [-0.4, -0.2) is 9.97 Å². The lowest BCUT2D eigenvalue weighted by Gasteiger charge is -2.13. The van der Waals surface area contributed by atoms with Crippen molar-refractivity contribution in [2.24, 2.45) is 0 Å². The summed E-state index contributed by atoms with van der Waals surface area (Å²) in [5.41, 5.74) is 14.7. The minimum absolute atomic E-state index is 0.727. The lowest BCUT2D eigenvalue weighted by Crippen LogP contribution is -1.97. The molecule has 0 N–H and O–H groups in total. The Labute approximate surface area is 237 Å². The smallest absolute Gasteiger partial charge is 0.160 e. The van der Waals surface area contributed by atoms with E-state index in [-0.39, 0.29) is 0 Å². The summed E-state index contributed by atoms with van der Waals surface area (Å²) in [6.45, 7) is 8.57. The van der Waals surface area contributed by atoms with Gasteiger partial charge in [0.05, 0.1) is 11.4 Å². The standard InChI is InChI=1S/C38H32N2/c1-25-10-8-14-30(16-25)32-18-27(3)20-34(22-32)36-24-37(40-38(39-36)29-12-6-5-7-13-29)35-21-28(4)19-33(23-35)31-15-9-11-26(2)17-31/h5-24H,1-4H3.